The number of aliphatic hydroxyl groups is 1. The van der Waals surface area contributed by atoms with E-state index in [4.69, 9.17) is 9.63 Å². The molecule has 2 rings (SSSR count). The molecule has 0 aliphatic rings. The second-order valence-corrected chi connectivity index (χ2v) is 4.61. The van der Waals surface area contributed by atoms with Gasteiger partial charge in [0.25, 0.3) is 5.91 Å². The van der Waals surface area contributed by atoms with E-state index in [1.54, 1.807) is 13.0 Å². The van der Waals surface area contributed by atoms with Gasteiger partial charge in [-0.1, -0.05) is 23.1 Å². The molecule has 21 heavy (non-hydrogen) atoms. The van der Waals surface area contributed by atoms with Crippen LogP contribution in [0.15, 0.2) is 28.8 Å². The molecule has 5 nitrogen and oxygen atoms in total. The number of anilines is 1. The maximum Gasteiger partial charge on any atom is 0.294 e. The fraction of sp³-hybridized carbons (Fsp3) is 0.250. The van der Waals surface area contributed by atoms with Crippen molar-refractivity contribution in [1.29, 1.82) is 0 Å². The van der Waals surface area contributed by atoms with E-state index in [0.717, 1.165) is 5.56 Å². The third kappa shape index (κ3) is 3.94. The second-order valence-electron chi connectivity index (χ2n) is 4.61. The summed E-state index contributed by atoms with van der Waals surface area (Å²) in [6.45, 7) is 3.69. The number of benzene rings is 1. The average Bonchev–Trinajstić information content (AvgIpc) is 2.88. The molecule has 0 bridgehead atoms. The summed E-state index contributed by atoms with van der Waals surface area (Å²) in [7, 11) is 0. The summed E-state index contributed by atoms with van der Waals surface area (Å²) in [5.41, 5.74) is 2.96. The molecular weight excluding hydrogens is 268 g/mol. The summed E-state index contributed by atoms with van der Waals surface area (Å²) in [5, 5.41) is 15.2. The van der Waals surface area contributed by atoms with Crippen LogP contribution in [-0.2, 0) is 0 Å². The average molecular weight is 284 g/mol. The monoisotopic (exact) mass is 284 g/mol. The highest BCUT2D eigenvalue weighted by Crippen LogP contribution is 2.18. The predicted octanol–water partition coefficient (Wildman–Crippen LogP) is 2.28. The van der Waals surface area contributed by atoms with Crippen molar-refractivity contribution >= 4 is 11.6 Å². The Kier molecular flexibility index (Phi) is 4.75. The zero-order valence-corrected chi connectivity index (χ0v) is 11.9. The van der Waals surface area contributed by atoms with Crippen LogP contribution in [0.4, 0.5) is 5.69 Å². The molecule has 1 heterocycles. The maximum atomic E-state index is 12.1. The van der Waals surface area contributed by atoms with Gasteiger partial charge in [0.15, 0.2) is 0 Å². The highest BCUT2D eigenvalue weighted by atomic mass is 16.5. The van der Waals surface area contributed by atoms with Gasteiger partial charge in [-0.2, -0.15) is 0 Å². The van der Waals surface area contributed by atoms with Gasteiger partial charge in [-0.3, -0.25) is 4.79 Å². The van der Waals surface area contributed by atoms with Crippen LogP contribution in [0, 0.1) is 25.7 Å². The number of amides is 1. The minimum absolute atomic E-state index is 0.0118. The summed E-state index contributed by atoms with van der Waals surface area (Å²) in [6, 6.07) is 7.16. The molecule has 0 spiro atoms. The van der Waals surface area contributed by atoms with Gasteiger partial charge < -0.3 is 14.9 Å². The van der Waals surface area contributed by atoms with Crippen LogP contribution in [0.25, 0.3) is 0 Å². The van der Waals surface area contributed by atoms with E-state index < -0.39 is 0 Å². The summed E-state index contributed by atoms with van der Waals surface area (Å²) >= 11 is 0. The van der Waals surface area contributed by atoms with E-state index in [2.05, 4.69) is 22.3 Å². The van der Waals surface area contributed by atoms with E-state index in [1.807, 2.05) is 25.1 Å². The molecule has 1 amide bonds. The molecule has 0 radical (unpaired) electrons. The molecular formula is C16H16N2O3. The zero-order chi connectivity index (χ0) is 15.2. The molecule has 0 aliphatic carbocycles. The van der Waals surface area contributed by atoms with Crippen molar-refractivity contribution in [3.8, 4) is 11.8 Å². The van der Waals surface area contributed by atoms with Crippen molar-refractivity contribution < 1.29 is 14.4 Å². The van der Waals surface area contributed by atoms with Gasteiger partial charge in [-0.15, -0.1) is 0 Å². The molecule has 108 valence electrons. The van der Waals surface area contributed by atoms with Crippen LogP contribution in [0.5, 0.6) is 0 Å². The molecule has 0 aliphatic heterocycles. The van der Waals surface area contributed by atoms with Crippen molar-refractivity contribution in [3.63, 3.8) is 0 Å². The molecule has 2 N–H and O–H groups in total. The zero-order valence-electron chi connectivity index (χ0n) is 11.9. The topological polar surface area (TPSA) is 75.4 Å². The molecule has 0 saturated carbocycles. The highest BCUT2D eigenvalue weighted by molar-refractivity contribution is 6.03. The standard InChI is InChI=1S/C16H16N2O3/c1-11-6-7-13(5-3-4-8-19)14(9-11)17-16(20)15-10-12(2)18-21-15/h6-7,9-10,19H,4,8H2,1-2H3,(H,17,20). The summed E-state index contributed by atoms with van der Waals surface area (Å²) in [6.07, 6.45) is 0.391. The normalized spacial score (nSPS) is 9.86. The molecule has 0 atom stereocenters. The fourth-order valence-electron chi connectivity index (χ4n) is 1.74. The largest absolute Gasteiger partial charge is 0.395 e. The number of hydrogen-bond donors (Lipinski definition) is 2. The van der Waals surface area contributed by atoms with Crippen molar-refractivity contribution in [2.24, 2.45) is 0 Å². The van der Waals surface area contributed by atoms with Crippen molar-refractivity contribution in [3.05, 3.63) is 46.8 Å². The van der Waals surface area contributed by atoms with Crippen molar-refractivity contribution in [2.45, 2.75) is 20.3 Å². The van der Waals surface area contributed by atoms with Gasteiger partial charge in [0, 0.05) is 18.1 Å². The number of aliphatic hydroxyl groups excluding tert-OH is 1. The Balaban J connectivity index is 2.24. The van der Waals surface area contributed by atoms with Gasteiger partial charge in [0.1, 0.15) is 0 Å². The first kappa shape index (κ1) is 14.8. The molecule has 0 saturated heterocycles. The van der Waals surface area contributed by atoms with Crippen LogP contribution < -0.4 is 5.32 Å². The van der Waals surface area contributed by atoms with Crippen LogP contribution >= 0.6 is 0 Å². The maximum absolute atomic E-state index is 12.1. The number of nitrogens with zero attached hydrogens (tertiary/aromatic N) is 1. The van der Waals surface area contributed by atoms with E-state index in [0.29, 0.717) is 23.4 Å². The lowest BCUT2D eigenvalue weighted by Crippen LogP contribution is -2.12. The lowest BCUT2D eigenvalue weighted by molar-refractivity contribution is 0.0988. The van der Waals surface area contributed by atoms with Crippen LogP contribution in [0.2, 0.25) is 0 Å². The number of aryl methyl sites for hydroxylation is 2. The Hall–Kier alpha value is -2.58. The Morgan fingerprint density at radius 2 is 2.19 bits per heavy atom. The van der Waals surface area contributed by atoms with Gasteiger partial charge in [0.05, 0.1) is 18.0 Å². The number of rotatable bonds is 3. The fourth-order valence-corrected chi connectivity index (χ4v) is 1.74. The predicted molar refractivity (Wildman–Crippen MR) is 79.0 cm³/mol. The third-order valence-electron chi connectivity index (χ3n) is 2.73. The van der Waals surface area contributed by atoms with Crippen LogP contribution in [0.1, 0.15) is 33.8 Å². The first-order chi connectivity index (χ1) is 10.1. The Labute approximate surface area is 123 Å². The Morgan fingerprint density at radius 1 is 1.38 bits per heavy atom. The van der Waals surface area contributed by atoms with E-state index in [-0.39, 0.29) is 18.3 Å². The highest BCUT2D eigenvalue weighted by Gasteiger charge is 2.13. The molecule has 2 aromatic rings. The molecule has 5 heteroatoms. The molecule has 0 unspecified atom stereocenters. The minimum Gasteiger partial charge on any atom is -0.395 e. The first-order valence-corrected chi connectivity index (χ1v) is 6.55. The number of carbonyl (C=O) groups is 1. The first-order valence-electron chi connectivity index (χ1n) is 6.55. The van der Waals surface area contributed by atoms with E-state index in [1.165, 1.54) is 0 Å². The number of carbonyl (C=O) groups excluding carboxylic acids is 1. The second kappa shape index (κ2) is 6.73. The van der Waals surface area contributed by atoms with Crippen LogP contribution in [-0.4, -0.2) is 22.8 Å². The Morgan fingerprint density at radius 3 is 2.86 bits per heavy atom. The summed E-state index contributed by atoms with van der Waals surface area (Å²) in [5.74, 6) is 5.56. The van der Waals surface area contributed by atoms with E-state index in [9.17, 15) is 4.79 Å². The molecule has 1 aromatic carbocycles. The van der Waals surface area contributed by atoms with Crippen LogP contribution in [0.3, 0.4) is 0 Å². The summed E-state index contributed by atoms with van der Waals surface area (Å²) in [4.78, 5) is 12.1. The number of aromatic nitrogens is 1. The van der Waals surface area contributed by atoms with Gasteiger partial charge >= 0.3 is 0 Å². The lowest BCUT2D eigenvalue weighted by Gasteiger charge is -2.07. The SMILES string of the molecule is Cc1ccc(C#CCCO)c(NC(=O)c2cc(C)no2)c1. The Bertz CT molecular complexity index is 708. The van der Waals surface area contributed by atoms with Gasteiger partial charge in [-0.05, 0) is 31.5 Å². The van der Waals surface area contributed by atoms with Gasteiger partial charge in [0.2, 0.25) is 5.76 Å². The number of nitrogens with one attached hydrogen (secondary N) is 1. The minimum atomic E-state index is -0.369. The lowest BCUT2D eigenvalue weighted by atomic mass is 10.1. The molecule has 1 aromatic heterocycles. The van der Waals surface area contributed by atoms with Crippen molar-refractivity contribution in [2.75, 3.05) is 11.9 Å². The van der Waals surface area contributed by atoms with E-state index >= 15 is 0 Å². The quantitative estimate of drug-likeness (QED) is 0.848. The smallest absolute Gasteiger partial charge is 0.294 e. The number of hydrogen-bond acceptors (Lipinski definition) is 4. The van der Waals surface area contributed by atoms with Gasteiger partial charge in [-0.25, -0.2) is 0 Å². The summed E-state index contributed by atoms with van der Waals surface area (Å²) < 4.78 is 4.94. The third-order valence-corrected chi connectivity index (χ3v) is 2.73. The molecule has 0 fully saturated rings. The van der Waals surface area contributed by atoms with Crippen molar-refractivity contribution in [1.82, 2.24) is 5.16 Å².